The average Bonchev–Trinajstić information content (AvgIpc) is 2.99. The number of nitrogens with one attached hydrogen (secondary N) is 1. The Kier molecular flexibility index (Phi) is 4.88. The van der Waals surface area contributed by atoms with Crippen LogP contribution < -0.4 is 5.32 Å². The van der Waals surface area contributed by atoms with E-state index in [-0.39, 0.29) is 17.1 Å². The fourth-order valence-corrected chi connectivity index (χ4v) is 4.46. The van der Waals surface area contributed by atoms with Crippen LogP contribution in [0.15, 0.2) is 23.1 Å². The Balaban J connectivity index is 1.79. The van der Waals surface area contributed by atoms with Crippen molar-refractivity contribution < 1.29 is 9.59 Å². The zero-order chi connectivity index (χ0) is 17.4. The Morgan fingerprint density at radius 2 is 2.12 bits per heavy atom. The van der Waals surface area contributed by atoms with Crippen LogP contribution in [0, 0.1) is 5.92 Å². The third-order valence-electron chi connectivity index (χ3n) is 5.04. The van der Waals surface area contributed by atoms with E-state index < -0.39 is 0 Å². The van der Waals surface area contributed by atoms with Crippen molar-refractivity contribution in [1.82, 2.24) is 9.80 Å². The molecule has 1 N–H and O–H groups in total. The number of benzene rings is 1. The van der Waals surface area contributed by atoms with Gasteiger partial charge in [-0.05, 0) is 45.1 Å². The van der Waals surface area contributed by atoms with Gasteiger partial charge in [0.15, 0.2) is 0 Å². The highest BCUT2D eigenvalue weighted by Gasteiger charge is 2.36. The molecule has 0 saturated carbocycles. The first-order chi connectivity index (χ1) is 11.4. The van der Waals surface area contributed by atoms with Gasteiger partial charge in [0.2, 0.25) is 5.91 Å². The normalized spacial score (nSPS) is 26.5. The van der Waals surface area contributed by atoms with Crippen molar-refractivity contribution in [2.24, 2.45) is 5.92 Å². The Labute approximate surface area is 147 Å². The van der Waals surface area contributed by atoms with E-state index in [1.165, 1.54) is 11.8 Å². The van der Waals surface area contributed by atoms with E-state index in [2.05, 4.69) is 31.2 Å². The van der Waals surface area contributed by atoms with E-state index in [0.29, 0.717) is 17.5 Å². The predicted molar refractivity (Wildman–Crippen MR) is 97.6 cm³/mol. The molecule has 0 radical (unpaired) electrons. The molecule has 1 aromatic carbocycles. The maximum atomic E-state index is 12.9. The summed E-state index contributed by atoms with van der Waals surface area (Å²) in [7, 11) is 4.16. The summed E-state index contributed by atoms with van der Waals surface area (Å²) < 4.78 is 0. The summed E-state index contributed by atoms with van der Waals surface area (Å²) >= 11 is 1.54. The van der Waals surface area contributed by atoms with Crippen LogP contribution in [0.25, 0.3) is 0 Å². The fourth-order valence-electron chi connectivity index (χ4n) is 3.53. The second-order valence-corrected chi connectivity index (χ2v) is 8.25. The number of likely N-dealkylation sites (tertiary alicyclic amines) is 1. The number of hydrogen-bond donors (Lipinski definition) is 1. The van der Waals surface area contributed by atoms with Gasteiger partial charge in [0.1, 0.15) is 0 Å². The fraction of sp³-hybridized carbons (Fsp3) is 0.556. The molecule has 2 amide bonds. The van der Waals surface area contributed by atoms with Gasteiger partial charge in [-0.3, -0.25) is 9.59 Å². The Morgan fingerprint density at radius 3 is 2.75 bits per heavy atom. The molecule has 3 atom stereocenters. The number of nitrogens with zero attached hydrogens (tertiary/aromatic N) is 2. The molecule has 3 rings (SSSR count). The molecule has 0 aromatic heterocycles. The Bertz CT molecular complexity index is 662. The molecule has 6 heteroatoms. The molecule has 1 aromatic rings. The van der Waals surface area contributed by atoms with Gasteiger partial charge in [-0.2, -0.15) is 0 Å². The molecule has 24 heavy (non-hydrogen) atoms. The molecule has 1 saturated heterocycles. The van der Waals surface area contributed by atoms with Crippen LogP contribution >= 0.6 is 11.8 Å². The minimum atomic E-state index is -0.0937. The molecule has 2 aliphatic heterocycles. The van der Waals surface area contributed by atoms with E-state index in [1.54, 1.807) is 0 Å². The minimum absolute atomic E-state index is 0.00279. The molecular weight excluding hydrogens is 322 g/mol. The number of carbonyl (C=O) groups is 2. The van der Waals surface area contributed by atoms with Crippen LogP contribution in [0.3, 0.4) is 0 Å². The first-order valence-electron chi connectivity index (χ1n) is 8.48. The highest BCUT2D eigenvalue weighted by Crippen LogP contribution is 2.36. The summed E-state index contributed by atoms with van der Waals surface area (Å²) in [6.07, 6.45) is 1.07. The highest BCUT2D eigenvalue weighted by atomic mass is 32.2. The smallest absolute Gasteiger partial charge is 0.253 e. The predicted octanol–water partition coefficient (Wildman–Crippen LogP) is 2.53. The zero-order valence-corrected chi connectivity index (χ0v) is 15.5. The summed E-state index contributed by atoms with van der Waals surface area (Å²) in [5.74, 6) is 0.563. The third-order valence-corrected chi connectivity index (χ3v) is 6.22. The minimum Gasteiger partial charge on any atom is -0.337 e. The third kappa shape index (κ3) is 3.17. The number of anilines is 1. The van der Waals surface area contributed by atoms with Gasteiger partial charge >= 0.3 is 0 Å². The van der Waals surface area contributed by atoms with Crippen LogP contribution in [-0.2, 0) is 4.79 Å². The van der Waals surface area contributed by atoms with Crippen LogP contribution in [0.5, 0.6) is 0 Å². The monoisotopic (exact) mass is 347 g/mol. The maximum Gasteiger partial charge on any atom is 0.253 e. The van der Waals surface area contributed by atoms with Crippen molar-refractivity contribution in [3.8, 4) is 0 Å². The largest absolute Gasteiger partial charge is 0.337 e. The average molecular weight is 347 g/mol. The maximum absolute atomic E-state index is 12.9. The van der Waals surface area contributed by atoms with E-state index in [0.717, 1.165) is 30.1 Å². The molecular formula is C18H25N3O2S. The first-order valence-corrected chi connectivity index (χ1v) is 9.36. The first kappa shape index (κ1) is 17.3. The molecule has 2 heterocycles. The number of rotatable bonds is 3. The van der Waals surface area contributed by atoms with Crippen LogP contribution in [0.4, 0.5) is 5.69 Å². The van der Waals surface area contributed by atoms with Crippen molar-refractivity contribution in [3.05, 3.63) is 23.8 Å². The van der Waals surface area contributed by atoms with Gasteiger partial charge in [-0.1, -0.05) is 13.3 Å². The Morgan fingerprint density at radius 1 is 1.38 bits per heavy atom. The van der Waals surface area contributed by atoms with E-state index in [9.17, 15) is 9.59 Å². The summed E-state index contributed by atoms with van der Waals surface area (Å²) in [4.78, 5) is 29.9. The van der Waals surface area contributed by atoms with E-state index in [4.69, 9.17) is 0 Å². The number of fused-ring (bicyclic) bond motifs is 1. The van der Waals surface area contributed by atoms with Crippen LogP contribution in [0.1, 0.15) is 30.6 Å². The molecule has 0 aliphatic carbocycles. The Hall–Kier alpha value is -1.53. The van der Waals surface area contributed by atoms with Gasteiger partial charge in [0, 0.05) is 29.6 Å². The van der Waals surface area contributed by atoms with Crippen molar-refractivity contribution in [3.63, 3.8) is 0 Å². The van der Waals surface area contributed by atoms with Gasteiger partial charge in [-0.25, -0.2) is 0 Å². The molecule has 0 spiro atoms. The van der Waals surface area contributed by atoms with Gasteiger partial charge in [0.05, 0.1) is 10.9 Å². The second kappa shape index (κ2) is 6.76. The molecule has 130 valence electrons. The number of hydrogen-bond acceptors (Lipinski definition) is 4. The van der Waals surface area contributed by atoms with Crippen molar-refractivity contribution in [2.45, 2.75) is 36.5 Å². The molecule has 1 fully saturated rings. The number of amides is 2. The van der Waals surface area contributed by atoms with E-state index in [1.807, 2.05) is 30.0 Å². The lowest BCUT2D eigenvalue weighted by atomic mass is 10.0. The lowest BCUT2D eigenvalue weighted by molar-refractivity contribution is -0.115. The number of thioether (sulfide) groups is 1. The standard InChI is InChI=1S/C18H25N3O2S/c1-5-12-9-21(10-15(12)20(3)4)18(23)13-6-7-16-14(8-13)19-17(22)11(2)24-16/h6-8,11-12,15H,5,9-10H2,1-4H3,(H,19,22). The summed E-state index contributed by atoms with van der Waals surface area (Å²) in [6.45, 7) is 5.63. The molecule has 5 nitrogen and oxygen atoms in total. The van der Waals surface area contributed by atoms with Crippen molar-refractivity contribution in [2.75, 3.05) is 32.5 Å². The van der Waals surface area contributed by atoms with Gasteiger partial charge < -0.3 is 15.1 Å². The van der Waals surface area contributed by atoms with Crippen molar-refractivity contribution >= 4 is 29.3 Å². The summed E-state index contributed by atoms with van der Waals surface area (Å²) in [5, 5.41) is 2.81. The number of likely N-dealkylation sites (N-methyl/N-ethyl adjacent to an activating group) is 1. The van der Waals surface area contributed by atoms with Gasteiger partial charge in [-0.15, -0.1) is 11.8 Å². The second-order valence-electron chi connectivity index (χ2n) is 6.87. The summed E-state index contributed by atoms with van der Waals surface area (Å²) in [5.41, 5.74) is 1.41. The van der Waals surface area contributed by atoms with Crippen LogP contribution in [0.2, 0.25) is 0 Å². The summed E-state index contributed by atoms with van der Waals surface area (Å²) in [6, 6.07) is 6.05. The topological polar surface area (TPSA) is 52.7 Å². The lowest BCUT2D eigenvalue weighted by Crippen LogP contribution is -2.36. The van der Waals surface area contributed by atoms with Crippen molar-refractivity contribution in [1.29, 1.82) is 0 Å². The molecule has 3 unspecified atom stereocenters. The number of carbonyl (C=O) groups excluding carboxylic acids is 2. The van der Waals surface area contributed by atoms with Crippen LogP contribution in [-0.4, -0.2) is 60.1 Å². The quantitative estimate of drug-likeness (QED) is 0.913. The SMILES string of the molecule is CCC1CN(C(=O)c2ccc3c(c2)NC(=O)C(C)S3)CC1N(C)C. The van der Waals surface area contributed by atoms with E-state index >= 15 is 0 Å². The van der Waals surface area contributed by atoms with Gasteiger partial charge in [0.25, 0.3) is 5.91 Å². The molecule has 2 aliphatic rings. The highest BCUT2D eigenvalue weighted by molar-refractivity contribution is 8.00. The molecule has 0 bridgehead atoms. The lowest BCUT2D eigenvalue weighted by Gasteiger charge is -2.24. The zero-order valence-electron chi connectivity index (χ0n) is 14.7.